The van der Waals surface area contributed by atoms with Gasteiger partial charge in [-0.2, -0.15) is 0 Å². The van der Waals surface area contributed by atoms with Gasteiger partial charge in [-0.3, -0.25) is 0 Å². The third-order valence-corrected chi connectivity index (χ3v) is 4.30. The Labute approximate surface area is 144 Å². The van der Waals surface area contributed by atoms with Gasteiger partial charge in [0.25, 0.3) is 0 Å². The molecule has 0 unspecified atom stereocenters. The van der Waals surface area contributed by atoms with Crippen molar-refractivity contribution in [2.45, 2.75) is 6.42 Å². The van der Waals surface area contributed by atoms with E-state index in [1.54, 1.807) is 18.2 Å². The highest BCUT2D eigenvalue weighted by atomic mass is 16.4. The molecule has 1 heterocycles. The zero-order chi connectivity index (χ0) is 17.4. The second-order valence-corrected chi connectivity index (χ2v) is 6.00. The van der Waals surface area contributed by atoms with Gasteiger partial charge in [-0.25, -0.2) is 9.78 Å². The first kappa shape index (κ1) is 15.1. The van der Waals surface area contributed by atoms with E-state index in [0.717, 1.165) is 11.1 Å². The Morgan fingerprint density at radius 3 is 2.28 bits per heavy atom. The maximum Gasteiger partial charge on any atom is 0.337 e. The minimum Gasteiger partial charge on any atom is -0.508 e. The molecule has 122 valence electrons. The third-order valence-electron chi connectivity index (χ3n) is 4.30. The van der Waals surface area contributed by atoms with E-state index >= 15 is 0 Å². The minimum atomic E-state index is -0.949. The highest BCUT2D eigenvalue weighted by molar-refractivity contribution is 6.13. The number of pyridine rings is 1. The number of hydrogen-bond donors (Lipinski definition) is 2. The number of aromatic carboxylic acids is 1. The lowest BCUT2D eigenvalue weighted by molar-refractivity contribution is 0.0701. The molecular formula is C21H15NO3. The molecule has 0 aliphatic heterocycles. The van der Waals surface area contributed by atoms with Gasteiger partial charge in [-0.15, -0.1) is 0 Å². The zero-order valence-electron chi connectivity index (χ0n) is 13.3. The Balaban J connectivity index is 1.86. The van der Waals surface area contributed by atoms with Crippen LogP contribution in [-0.4, -0.2) is 21.2 Å². The predicted molar refractivity (Wildman–Crippen MR) is 97.1 cm³/mol. The van der Waals surface area contributed by atoms with Crippen LogP contribution in [0.4, 0.5) is 0 Å². The first-order chi connectivity index (χ1) is 12.1. The number of phenolic OH excluding ortho intramolecular Hbond substituents is 1. The van der Waals surface area contributed by atoms with Crippen LogP contribution in [-0.2, 0) is 6.42 Å². The Morgan fingerprint density at radius 1 is 0.840 bits per heavy atom. The van der Waals surface area contributed by atoms with E-state index in [-0.39, 0.29) is 11.3 Å². The van der Waals surface area contributed by atoms with Crippen molar-refractivity contribution >= 4 is 27.8 Å². The number of para-hydroxylation sites is 1. The Morgan fingerprint density at radius 2 is 1.52 bits per heavy atom. The first-order valence-corrected chi connectivity index (χ1v) is 7.94. The molecule has 3 aromatic carbocycles. The molecule has 0 bridgehead atoms. The summed E-state index contributed by atoms with van der Waals surface area (Å²) in [5, 5.41) is 20.3. The Hall–Kier alpha value is -3.40. The second kappa shape index (κ2) is 5.91. The first-order valence-electron chi connectivity index (χ1n) is 7.94. The van der Waals surface area contributed by atoms with Gasteiger partial charge in [0.1, 0.15) is 5.75 Å². The smallest absolute Gasteiger partial charge is 0.337 e. The second-order valence-electron chi connectivity index (χ2n) is 6.00. The van der Waals surface area contributed by atoms with Gasteiger partial charge in [0, 0.05) is 10.8 Å². The van der Waals surface area contributed by atoms with Gasteiger partial charge in [0.15, 0.2) is 0 Å². The number of carboxylic acid groups (broad SMARTS) is 1. The number of rotatable bonds is 3. The Bertz CT molecular complexity index is 1100. The number of hydrogen-bond acceptors (Lipinski definition) is 3. The van der Waals surface area contributed by atoms with Gasteiger partial charge in [-0.1, -0.05) is 42.5 Å². The van der Waals surface area contributed by atoms with E-state index in [0.29, 0.717) is 28.2 Å². The van der Waals surface area contributed by atoms with Crippen molar-refractivity contribution in [3.05, 3.63) is 83.4 Å². The highest BCUT2D eigenvalue weighted by Gasteiger charge is 2.15. The number of aromatic nitrogens is 1. The molecule has 0 saturated carbocycles. The molecule has 4 aromatic rings. The lowest BCUT2D eigenvalue weighted by Crippen LogP contribution is -2.01. The number of benzene rings is 3. The summed E-state index contributed by atoms with van der Waals surface area (Å²) in [6, 6.07) is 20.0. The minimum absolute atomic E-state index is 0.237. The molecule has 4 nitrogen and oxygen atoms in total. The molecule has 0 spiro atoms. The van der Waals surface area contributed by atoms with Gasteiger partial charge >= 0.3 is 5.97 Å². The van der Waals surface area contributed by atoms with Crippen molar-refractivity contribution < 1.29 is 15.0 Å². The lowest BCUT2D eigenvalue weighted by Gasteiger charge is -2.09. The van der Waals surface area contributed by atoms with Crippen molar-refractivity contribution in [1.82, 2.24) is 4.98 Å². The van der Waals surface area contributed by atoms with E-state index in [4.69, 9.17) is 0 Å². The summed E-state index contributed by atoms with van der Waals surface area (Å²) in [4.78, 5) is 16.4. The van der Waals surface area contributed by atoms with Gasteiger partial charge in [0.05, 0.1) is 16.6 Å². The molecule has 0 aliphatic carbocycles. The number of fused-ring (bicyclic) bond motifs is 2. The quantitative estimate of drug-likeness (QED) is 0.547. The summed E-state index contributed by atoms with van der Waals surface area (Å²) in [6.07, 6.45) is 0.688. The summed E-state index contributed by atoms with van der Waals surface area (Å²) < 4.78 is 0. The standard InChI is InChI=1S/C21H15NO3/c23-15-8-5-13(6-9-15)11-14-7-10-17-19(12-14)22-18-4-2-1-3-16(18)20(17)21(24)25/h1-10,12,23H,11H2,(H,24,25). The molecular weight excluding hydrogens is 314 g/mol. The maximum absolute atomic E-state index is 11.8. The average molecular weight is 329 g/mol. The van der Waals surface area contributed by atoms with Crippen LogP contribution in [0.15, 0.2) is 66.7 Å². The van der Waals surface area contributed by atoms with Crippen molar-refractivity contribution in [2.75, 3.05) is 0 Å². The molecule has 0 saturated heterocycles. The molecule has 4 rings (SSSR count). The van der Waals surface area contributed by atoms with E-state index in [1.807, 2.05) is 48.5 Å². The van der Waals surface area contributed by atoms with Gasteiger partial charge in [0.2, 0.25) is 0 Å². The van der Waals surface area contributed by atoms with Crippen LogP contribution >= 0.6 is 0 Å². The van der Waals surface area contributed by atoms with Crippen LogP contribution in [0.1, 0.15) is 21.5 Å². The van der Waals surface area contributed by atoms with Crippen molar-refractivity contribution in [3.63, 3.8) is 0 Å². The van der Waals surface area contributed by atoms with Crippen LogP contribution in [0.5, 0.6) is 5.75 Å². The number of carboxylic acids is 1. The third kappa shape index (κ3) is 2.78. The number of aromatic hydroxyl groups is 1. The zero-order valence-corrected chi connectivity index (χ0v) is 13.3. The van der Waals surface area contributed by atoms with Crippen molar-refractivity contribution in [1.29, 1.82) is 0 Å². The number of nitrogens with zero attached hydrogens (tertiary/aromatic N) is 1. The molecule has 0 amide bonds. The molecule has 0 fully saturated rings. The van der Waals surface area contributed by atoms with E-state index < -0.39 is 5.97 Å². The summed E-state index contributed by atoms with van der Waals surface area (Å²) in [5.74, 6) is -0.712. The molecule has 0 aliphatic rings. The fraction of sp³-hybridized carbons (Fsp3) is 0.0476. The largest absolute Gasteiger partial charge is 0.508 e. The number of phenols is 1. The maximum atomic E-state index is 11.8. The summed E-state index contributed by atoms with van der Waals surface area (Å²) in [6.45, 7) is 0. The van der Waals surface area contributed by atoms with Crippen molar-refractivity contribution in [2.24, 2.45) is 0 Å². The normalized spacial score (nSPS) is 11.0. The Kier molecular flexibility index (Phi) is 3.58. The summed E-state index contributed by atoms with van der Waals surface area (Å²) in [5.41, 5.74) is 3.74. The van der Waals surface area contributed by atoms with Crippen molar-refractivity contribution in [3.8, 4) is 5.75 Å². The molecule has 4 heteroatoms. The summed E-state index contributed by atoms with van der Waals surface area (Å²) >= 11 is 0. The van der Waals surface area contributed by atoms with Crippen LogP contribution < -0.4 is 0 Å². The average Bonchev–Trinajstić information content (AvgIpc) is 2.61. The lowest BCUT2D eigenvalue weighted by atomic mass is 9.99. The topological polar surface area (TPSA) is 70.4 Å². The van der Waals surface area contributed by atoms with E-state index in [9.17, 15) is 15.0 Å². The fourth-order valence-electron chi connectivity index (χ4n) is 3.13. The molecule has 0 radical (unpaired) electrons. The molecule has 25 heavy (non-hydrogen) atoms. The summed E-state index contributed by atoms with van der Waals surface area (Å²) in [7, 11) is 0. The molecule has 2 N–H and O–H groups in total. The monoisotopic (exact) mass is 329 g/mol. The predicted octanol–water partition coefficient (Wildman–Crippen LogP) is 4.38. The molecule has 0 atom stereocenters. The number of carbonyl (C=O) groups is 1. The van der Waals surface area contributed by atoms with Crippen LogP contribution in [0.2, 0.25) is 0 Å². The highest BCUT2D eigenvalue weighted by Crippen LogP contribution is 2.27. The van der Waals surface area contributed by atoms with Crippen LogP contribution in [0, 0.1) is 0 Å². The fourth-order valence-corrected chi connectivity index (χ4v) is 3.13. The van der Waals surface area contributed by atoms with E-state index in [1.165, 1.54) is 0 Å². The van der Waals surface area contributed by atoms with Crippen LogP contribution in [0.3, 0.4) is 0 Å². The van der Waals surface area contributed by atoms with Crippen LogP contribution in [0.25, 0.3) is 21.8 Å². The van der Waals surface area contributed by atoms with Gasteiger partial charge < -0.3 is 10.2 Å². The molecule has 1 aromatic heterocycles. The van der Waals surface area contributed by atoms with E-state index in [2.05, 4.69) is 4.98 Å². The van der Waals surface area contributed by atoms with Gasteiger partial charge in [-0.05, 0) is 41.8 Å². The SMILES string of the molecule is O=C(O)c1c2ccccc2nc2cc(Cc3ccc(O)cc3)ccc12.